The first-order chi connectivity index (χ1) is 12.7. The molecule has 0 aromatic heterocycles. The van der Waals surface area contributed by atoms with E-state index in [9.17, 15) is 19.5 Å². The third kappa shape index (κ3) is 3.32. The number of aliphatic hydroxyl groups excluding tert-OH is 1. The number of ether oxygens (including phenoxy) is 3. The number of aliphatic hydroxyl groups is 1. The molecular weight excluding hydrogens is 352 g/mol. The van der Waals surface area contributed by atoms with Gasteiger partial charge in [0, 0.05) is 23.6 Å². The van der Waals surface area contributed by atoms with E-state index in [0.717, 1.165) is 0 Å². The van der Waals surface area contributed by atoms with Crippen LogP contribution in [0.15, 0.2) is 35.6 Å². The molecule has 2 bridgehead atoms. The third-order valence-corrected chi connectivity index (χ3v) is 5.51. The van der Waals surface area contributed by atoms with E-state index < -0.39 is 35.7 Å². The summed E-state index contributed by atoms with van der Waals surface area (Å²) in [6, 6.07) is 0. The van der Waals surface area contributed by atoms with Crippen molar-refractivity contribution in [2.75, 3.05) is 6.61 Å². The van der Waals surface area contributed by atoms with Crippen molar-refractivity contribution in [3.05, 3.63) is 35.6 Å². The molecule has 0 spiro atoms. The van der Waals surface area contributed by atoms with Gasteiger partial charge in [0.05, 0.1) is 18.4 Å². The molecule has 0 amide bonds. The lowest BCUT2D eigenvalue weighted by molar-refractivity contribution is -0.161. The standard InChI is InChI=1S/C20H24O7/c1-5-10(2)18(23)26-15-8-20(4)16(22)7-13(27-20)12(9-21)6-14-17(15)11(3)19(24)25-14/h6-7,10,14-15,17,21H,3,5,8-9H2,1-2,4H3/b12-6-/t10-,14+,15-,17+,20+/m1/s1. The van der Waals surface area contributed by atoms with Crippen LogP contribution < -0.4 is 0 Å². The Hall–Kier alpha value is -2.41. The molecule has 1 fully saturated rings. The van der Waals surface area contributed by atoms with Crippen molar-refractivity contribution in [2.45, 2.75) is 51.4 Å². The highest BCUT2D eigenvalue weighted by Crippen LogP contribution is 2.42. The summed E-state index contributed by atoms with van der Waals surface area (Å²) >= 11 is 0. The first-order valence-corrected chi connectivity index (χ1v) is 9.07. The van der Waals surface area contributed by atoms with Gasteiger partial charge in [-0.15, -0.1) is 0 Å². The fourth-order valence-electron chi connectivity index (χ4n) is 3.54. The Kier molecular flexibility index (Phi) is 4.99. The topological polar surface area (TPSA) is 99.1 Å². The van der Waals surface area contributed by atoms with Crippen molar-refractivity contribution in [1.29, 1.82) is 0 Å². The lowest BCUT2D eigenvalue weighted by atomic mass is 9.82. The Balaban J connectivity index is 2.05. The Bertz CT molecular complexity index is 762. The van der Waals surface area contributed by atoms with Crippen molar-refractivity contribution in [2.24, 2.45) is 11.8 Å². The summed E-state index contributed by atoms with van der Waals surface area (Å²) in [6.07, 6.45) is 1.93. The van der Waals surface area contributed by atoms with E-state index in [2.05, 4.69) is 6.58 Å². The molecule has 0 aromatic rings. The molecule has 1 saturated heterocycles. The number of carbonyl (C=O) groups is 3. The van der Waals surface area contributed by atoms with Crippen LogP contribution in [0.5, 0.6) is 0 Å². The molecule has 3 aliphatic heterocycles. The van der Waals surface area contributed by atoms with Crippen LogP contribution in [0.25, 0.3) is 0 Å². The minimum Gasteiger partial charge on any atom is -0.479 e. The van der Waals surface area contributed by atoms with Crippen LogP contribution in [0.1, 0.15) is 33.6 Å². The van der Waals surface area contributed by atoms with Gasteiger partial charge >= 0.3 is 11.9 Å². The maximum atomic E-state index is 12.5. The number of hydrogen-bond acceptors (Lipinski definition) is 7. The van der Waals surface area contributed by atoms with Crippen molar-refractivity contribution >= 4 is 17.7 Å². The molecule has 1 N–H and O–H groups in total. The SMILES string of the molecule is C=C1C(=O)O[C@H]2/C=C(/CO)C3=CC(=O)[C@](C)(C[C@@H](OC(=O)[C@H](C)CC)[C@@H]12)O3. The Morgan fingerprint density at radius 2 is 2.19 bits per heavy atom. The predicted octanol–water partition coefficient (Wildman–Crippen LogP) is 1.61. The lowest BCUT2D eigenvalue weighted by Crippen LogP contribution is -2.43. The predicted molar refractivity (Wildman–Crippen MR) is 94.2 cm³/mol. The first-order valence-electron chi connectivity index (χ1n) is 9.07. The second kappa shape index (κ2) is 6.96. The molecule has 0 aromatic carbocycles. The third-order valence-electron chi connectivity index (χ3n) is 5.51. The molecule has 3 aliphatic rings. The van der Waals surface area contributed by atoms with Crippen molar-refractivity contribution in [3.8, 4) is 0 Å². The van der Waals surface area contributed by atoms with Crippen LogP contribution >= 0.6 is 0 Å². The normalized spacial score (nSPS) is 35.6. The molecule has 0 unspecified atom stereocenters. The summed E-state index contributed by atoms with van der Waals surface area (Å²) in [5.41, 5.74) is -0.734. The molecule has 5 atom stereocenters. The molecule has 7 nitrogen and oxygen atoms in total. The average Bonchev–Trinajstić information content (AvgIpc) is 3.08. The molecule has 27 heavy (non-hydrogen) atoms. The fraction of sp³-hybridized carbons (Fsp3) is 0.550. The van der Waals surface area contributed by atoms with E-state index in [0.29, 0.717) is 12.0 Å². The van der Waals surface area contributed by atoms with Gasteiger partial charge in [-0.05, 0) is 19.4 Å². The quantitative estimate of drug-likeness (QED) is 0.588. The minimum atomic E-state index is -1.26. The Labute approximate surface area is 157 Å². The zero-order chi connectivity index (χ0) is 19.9. The van der Waals surface area contributed by atoms with Crippen LogP contribution in [0, 0.1) is 11.8 Å². The average molecular weight is 376 g/mol. The van der Waals surface area contributed by atoms with Crippen molar-refractivity contribution < 1.29 is 33.7 Å². The van der Waals surface area contributed by atoms with Gasteiger partial charge in [-0.2, -0.15) is 0 Å². The number of carbonyl (C=O) groups excluding carboxylic acids is 3. The van der Waals surface area contributed by atoms with Crippen LogP contribution in [0.3, 0.4) is 0 Å². The maximum Gasteiger partial charge on any atom is 0.334 e. The van der Waals surface area contributed by atoms with Crippen molar-refractivity contribution in [3.63, 3.8) is 0 Å². The van der Waals surface area contributed by atoms with E-state index in [1.54, 1.807) is 19.9 Å². The molecule has 7 heteroatoms. The van der Waals surface area contributed by atoms with Crippen LogP contribution in [0.2, 0.25) is 0 Å². The first kappa shape index (κ1) is 19.4. The molecule has 0 aliphatic carbocycles. The van der Waals surface area contributed by atoms with Gasteiger partial charge in [0.2, 0.25) is 5.78 Å². The highest BCUT2D eigenvalue weighted by atomic mass is 16.6. The summed E-state index contributed by atoms with van der Waals surface area (Å²) in [5, 5.41) is 9.71. The maximum absolute atomic E-state index is 12.5. The largest absolute Gasteiger partial charge is 0.479 e. The number of ketones is 1. The second-order valence-corrected chi connectivity index (χ2v) is 7.47. The van der Waals surface area contributed by atoms with E-state index in [1.165, 1.54) is 6.08 Å². The summed E-state index contributed by atoms with van der Waals surface area (Å²) in [6.45, 7) is 8.65. The number of rotatable bonds is 4. The second-order valence-electron chi connectivity index (χ2n) is 7.47. The van der Waals surface area contributed by atoms with E-state index in [-0.39, 0.29) is 36.1 Å². The van der Waals surface area contributed by atoms with Crippen LogP contribution in [-0.2, 0) is 28.6 Å². The van der Waals surface area contributed by atoms with Gasteiger partial charge in [0.25, 0.3) is 0 Å². The monoisotopic (exact) mass is 376 g/mol. The van der Waals surface area contributed by atoms with Gasteiger partial charge in [-0.25, -0.2) is 4.79 Å². The van der Waals surface area contributed by atoms with Gasteiger partial charge in [0.15, 0.2) is 5.60 Å². The molecule has 0 radical (unpaired) electrons. The Morgan fingerprint density at radius 3 is 2.81 bits per heavy atom. The van der Waals surface area contributed by atoms with Gasteiger partial charge in [0.1, 0.15) is 18.0 Å². The molecule has 0 saturated carbocycles. The van der Waals surface area contributed by atoms with E-state index in [1.807, 2.05) is 6.92 Å². The molecule has 3 rings (SSSR count). The van der Waals surface area contributed by atoms with Gasteiger partial charge in [-0.1, -0.05) is 20.4 Å². The van der Waals surface area contributed by atoms with Crippen LogP contribution in [0.4, 0.5) is 0 Å². The summed E-state index contributed by atoms with van der Waals surface area (Å²) in [5.74, 6) is -2.02. The zero-order valence-electron chi connectivity index (χ0n) is 15.7. The summed E-state index contributed by atoms with van der Waals surface area (Å²) in [7, 11) is 0. The Morgan fingerprint density at radius 1 is 1.48 bits per heavy atom. The number of hydrogen-bond donors (Lipinski definition) is 1. The van der Waals surface area contributed by atoms with E-state index in [4.69, 9.17) is 14.2 Å². The zero-order valence-corrected chi connectivity index (χ0v) is 15.7. The van der Waals surface area contributed by atoms with Crippen molar-refractivity contribution in [1.82, 2.24) is 0 Å². The van der Waals surface area contributed by atoms with Gasteiger partial charge < -0.3 is 19.3 Å². The summed E-state index contributed by atoms with van der Waals surface area (Å²) < 4.78 is 16.9. The van der Waals surface area contributed by atoms with Gasteiger partial charge in [-0.3, -0.25) is 9.59 Å². The number of esters is 2. The molecular formula is C20H24O7. The van der Waals surface area contributed by atoms with E-state index >= 15 is 0 Å². The molecule has 146 valence electrons. The smallest absolute Gasteiger partial charge is 0.334 e. The van der Waals surface area contributed by atoms with Crippen LogP contribution in [-0.4, -0.2) is 47.2 Å². The lowest BCUT2D eigenvalue weighted by Gasteiger charge is -2.32. The summed E-state index contributed by atoms with van der Waals surface area (Å²) in [4.78, 5) is 37.1. The molecule has 3 heterocycles. The highest BCUT2D eigenvalue weighted by molar-refractivity contribution is 6.00. The fourth-order valence-corrected chi connectivity index (χ4v) is 3.54. The minimum absolute atomic E-state index is 0.0530. The highest BCUT2D eigenvalue weighted by Gasteiger charge is 2.52. The number of fused-ring (bicyclic) bond motifs is 3.